The summed E-state index contributed by atoms with van der Waals surface area (Å²) in [5.41, 5.74) is 15.8. The molecule has 0 aliphatic carbocycles. The van der Waals surface area contributed by atoms with Gasteiger partial charge in [0.2, 0.25) is 5.91 Å². The number of carboxylic acid groups (broad SMARTS) is 2. The Labute approximate surface area is 115 Å². The SMILES string of the molecule is NC(N)=NCCCC(N)C(=O)N[C@@H](CC(=O)O)C(=O)O. The molecule has 10 heteroatoms. The molecule has 0 aromatic heterocycles. The minimum atomic E-state index is -1.51. The first kappa shape index (κ1) is 17.6. The first-order valence-corrected chi connectivity index (χ1v) is 5.80. The molecule has 114 valence electrons. The van der Waals surface area contributed by atoms with Gasteiger partial charge in [0, 0.05) is 6.54 Å². The van der Waals surface area contributed by atoms with Crippen molar-refractivity contribution in [3.05, 3.63) is 0 Å². The molecular formula is C10H19N5O5. The van der Waals surface area contributed by atoms with E-state index in [1.165, 1.54) is 0 Å². The quantitative estimate of drug-likeness (QED) is 0.151. The molecule has 0 radical (unpaired) electrons. The van der Waals surface area contributed by atoms with Crippen LogP contribution in [0.4, 0.5) is 0 Å². The standard InChI is InChI=1S/C10H19N5O5/c11-5(2-1-3-14-10(12)13)8(18)15-6(9(19)20)4-7(16)17/h5-6H,1-4,11H2,(H,15,18)(H,16,17)(H,19,20)(H4,12,13,14)/t5?,6-/m0/s1. The van der Waals surface area contributed by atoms with Gasteiger partial charge in [-0.1, -0.05) is 0 Å². The summed E-state index contributed by atoms with van der Waals surface area (Å²) in [4.78, 5) is 36.5. The molecule has 0 bridgehead atoms. The highest BCUT2D eigenvalue weighted by molar-refractivity contribution is 5.89. The maximum absolute atomic E-state index is 11.6. The lowest BCUT2D eigenvalue weighted by molar-refractivity contribution is -0.147. The van der Waals surface area contributed by atoms with Crippen molar-refractivity contribution >= 4 is 23.8 Å². The number of nitrogens with one attached hydrogen (secondary N) is 1. The molecule has 20 heavy (non-hydrogen) atoms. The number of rotatable bonds is 9. The fraction of sp³-hybridized carbons (Fsp3) is 0.600. The second-order valence-electron chi connectivity index (χ2n) is 4.05. The third kappa shape index (κ3) is 7.87. The second-order valence-corrected chi connectivity index (χ2v) is 4.05. The van der Waals surface area contributed by atoms with Gasteiger partial charge in [0.1, 0.15) is 6.04 Å². The summed E-state index contributed by atoms with van der Waals surface area (Å²) in [6.07, 6.45) is -0.0486. The van der Waals surface area contributed by atoms with Gasteiger partial charge < -0.3 is 32.7 Å². The number of guanidine groups is 1. The van der Waals surface area contributed by atoms with E-state index in [1.54, 1.807) is 0 Å². The summed E-state index contributed by atoms with van der Waals surface area (Å²) >= 11 is 0. The molecule has 0 rings (SSSR count). The number of nitrogens with two attached hydrogens (primary N) is 3. The van der Waals surface area contributed by atoms with Gasteiger partial charge >= 0.3 is 11.9 Å². The van der Waals surface area contributed by atoms with Crippen LogP contribution in [0.15, 0.2) is 4.99 Å². The summed E-state index contributed by atoms with van der Waals surface area (Å²) in [6.45, 7) is 0.292. The molecule has 0 aliphatic rings. The third-order valence-electron chi connectivity index (χ3n) is 2.30. The van der Waals surface area contributed by atoms with Gasteiger partial charge in [-0.25, -0.2) is 4.79 Å². The van der Waals surface area contributed by atoms with Crippen molar-refractivity contribution in [3.63, 3.8) is 0 Å². The molecule has 1 unspecified atom stereocenters. The highest BCUT2D eigenvalue weighted by Crippen LogP contribution is 1.98. The van der Waals surface area contributed by atoms with Gasteiger partial charge in [-0.3, -0.25) is 14.6 Å². The Bertz CT molecular complexity index is 393. The summed E-state index contributed by atoms with van der Waals surface area (Å²) in [5.74, 6) is -3.58. The van der Waals surface area contributed by atoms with Gasteiger partial charge in [0.15, 0.2) is 5.96 Å². The van der Waals surface area contributed by atoms with E-state index in [0.29, 0.717) is 13.0 Å². The van der Waals surface area contributed by atoms with Gasteiger partial charge in [0.05, 0.1) is 12.5 Å². The number of nitrogens with zero attached hydrogens (tertiary/aromatic N) is 1. The Hall–Kier alpha value is -2.36. The number of hydrogen-bond donors (Lipinski definition) is 6. The van der Waals surface area contributed by atoms with Gasteiger partial charge in [0.25, 0.3) is 0 Å². The van der Waals surface area contributed by atoms with Crippen LogP contribution in [0.5, 0.6) is 0 Å². The van der Waals surface area contributed by atoms with Crippen LogP contribution in [0.3, 0.4) is 0 Å². The van der Waals surface area contributed by atoms with Crippen LogP contribution in [0.25, 0.3) is 0 Å². The van der Waals surface area contributed by atoms with Crippen LogP contribution in [0, 0.1) is 0 Å². The zero-order valence-corrected chi connectivity index (χ0v) is 10.8. The molecule has 10 nitrogen and oxygen atoms in total. The molecule has 0 aliphatic heterocycles. The normalized spacial score (nSPS) is 13.1. The van der Waals surface area contributed by atoms with Gasteiger partial charge in [-0.05, 0) is 12.8 Å². The molecule has 1 amide bonds. The lowest BCUT2D eigenvalue weighted by Crippen LogP contribution is -2.49. The van der Waals surface area contributed by atoms with Crippen molar-refractivity contribution in [2.45, 2.75) is 31.3 Å². The van der Waals surface area contributed by atoms with Crippen molar-refractivity contribution < 1.29 is 24.6 Å². The Balaban J connectivity index is 4.25. The number of amides is 1. The van der Waals surface area contributed by atoms with Crippen LogP contribution in [0.2, 0.25) is 0 Å². The van der Waals surface area contributed by atoms with Crippen LogP contribution in [0.1, 0.15) is 19.3 Å². The van der Waals surface area contributed by atoms with E-state index < -0.39 is 36.4 Å². The fourth-order valence-corrected chi connectivity index (χ4v) is 1.30. The molecule has 0 saturated heterocycles. The van der Waals surface area contributed by atoms with E-state index in [2.05, 4.69) is 10.3 Å². The molecule has 2 atom stereocenters. The fourth-order valence-electron chi connectivity index (χ4n) is 1.30. The zero-order valence-electron chi connectivity index (χ0n) is 10.8. The predicted octanol–water partition coefficient (Wildman–Crippen LogP) is -2.59. The van der Waals surface area contributed by atoms with Crippen molar-refractivity contribution in [2.24, 2.45) is 22.2 Å². The lowest BCUT2D eigenvalue weighted by atomic mass is 10.1. The van der Waals surface area contributed by atoms with Crippen molar-refractivity contribution in [3.8, 4) is 0 Å². The van der Waals surface area contributed by atoms with Crippen LogP contribution in [-0.4, -0.2) is 52.6 Å². The number of carboxylic acids is 2. The van der Waals surface area contributed by atoms with E-state index >= 15 is 0 Å². The minimum absolute atomic E-state index is 0.0737. The van der Waals surface area contributed by atoms with Crippen LogP contribution < -0.4 is 22.5 Å². The van der Waals surface area contributed by atoms with Crippen molar-refractivity contribution in [1.82, 2.24) is 5.32 Å². The minimum Gasteiger partial charge on any atom is -0.481 e. The van der Waals surface area contributed by atoms with Gasteiger partial charge in [-0.15, -0.1) is 0 Å². The average Bonchev–Trinajstić information content (AvgIpc) is 2.32. The average molecular weight is 289 g/mol. The first-order valence-electron chi connectivity index (χ1n) is 5.80. The maximum Gasteiger partial charge on any atom is 0.326 e. The zero-order chi connectivity index (χ0) is 15.7. The first-order chi connectivity index (χ1) is 9.23. The number of aliphatic carboxylic acids is 2. The second kappa shape index (κ2) is 8.69. The molecule has 9 N–H and O–H groups in total. The number of carbonyl (C=O) groups is 3. The van der Waals surface area contributed by atoms with E-state index in [9.17, 15) is 14.4 Å². The summed E-state index contributed by atoms with van der Waals surface area (Å²) in [7, 11) is 0. The van der Waals surface area contributed by atoms with Crippen LogP contribution >= 0.6 is 0 Å². The largest absolute Gasteiger partial charge is 0.481 e. The van der Waals surface area contributed by atoms with E-state index in [0.717, 1.165) is 0 Å². The van der Waals surface area contributed by atoms with Crippen LogP contribution in [-0.2, 0) is 14.4 Å². The highest BCUT2D eigenvalue weighted by atomic mass is 16.4. The molecule has 0 fully saturated rings. The maximum atomic E-state index is 11.6. The smallest absolute Gasteiger partial charge is 0.326 e. The Morgan fingerprint density at radius 1 is 1.20 bits per heavy atom. The molecular weight excluding hydrogens is 270 g/mol. The molecule has 0 aromatic rings. The van der Waals surface area contributed by atoms with Gasteiger partial charge in [-0.2, -0.15) is 0 Å². The number of hydrogen-bond acceptors (Lipinski definition) is 5. The molecule has 0 aromatic carbocycles. The number of aliphatic imine (C=N–C) groups is 1. The number of carbonyl (C=O) groups excluding carboxylic acids is 1. The molecule has 0 spiro atoms. The van der Waals surface area contributed by atoms with E-state index in [-0.39, 0.29) is 12.4 Å². The van der Waals surface area contributed by atoms with E-state index in [1.807, 2.05) is 0 Å². The third-order valence-corrected chi connectivity index (χ3v) is 2.30. The molecule has 0 heterocycles. The Kier molecular flexibility index (Phi) is 7.67. The summed E-state index contributed by atoms with van der Waals surface area (Å²) in [5, 5.41) is 19.4. The lowest BCUT2D eigenvalue weighted by Gasteiger charge is -2.16. The summed E-state index contributed by atoms with van der Waals surface area (Å²) in [6, 6.07) is -2.47. The van der Waals surface area contributed by atoms with E-state index in [4.69, 9.17) is 27.4 Å². The Morgan fingerprint density at radius 2 is 1.80 bits per heavy atom. The summed E-state index contributed by atoms with van der Waals surface area (Å²) < 4.78 is 0. The topological polar surface area (TPSA) is 194 Å². The Morgan fingerprint density at radius 3 is 2.25 bits per heavy atom. The predicted molar refractivity (Wildman–Crippen MR) is 69.7 cm³/mol. The van der Waals surface area contributed by atoms with Crippen molar-refractivity contribution in [1.29, 1.82) is 0 Å². The highest BCUT2D eigenvalue weighted by Gasteiger charge is 2.25. The monoisotopic (exact) mass is 289 g/mol. The molecule has 0 saturated carbocycles. The van der Waals surface area contributed by atoms with Crippen molar-refractivity contribution in [2.75, 3.05) is 6.54 Å².